The van der Waals surface area contributed by atoms with Crippen molar-refractivity contribution in [2.24, 2.45) is 10.9 Å². The fraction of sp³-hybridized carbons (Fsp3) is 0.550. The number of hydrogen-bond acceptors (Lipinski definition) is 6. The number of carbonyl (C=O) groups is 2. The first-order chi connectivity index (χ1) is 13.0. The molecule has 7 heteroatoms. The fourth-order valence-electron chi connectivity index (χ4n) is 3.51. The summed E-state index contributed by atoms with van der Waals surface area (Å²) in [6, 6.07) is 7.23. The average Bonchev–Trinajstić information content (AvgIpc) is 2.68. The zero-order chi connectivity index (χ0) is 19.4. The third kappa shape index (κ3) is 4.30. The molecule has 7 nitrogen and oxygen atoms in total. The van der Waals surface area contributed by atoms with E-state index in [9.17, 15) is 9.59 Å². The van der Waals surface area contributed by atoms with Gasteiger partial charge in [-0.3, -0.25) is 14.9 Å². The minimum atomic E-state index is -0.965. The van der Waals surface area contributed by atoms with Crippen molar-refractivity contribution < 1.29 is 14.3 Å². The van der Waals surface area contributed by atoms with Gasteiger partial charge < -0.3 is 14.5 Å². The SMILES string of the molecule is CCOC(=O)[C@H]1C(=O)NC(N2CCN(CC)CC2)=N[C@@H]1c1ccc(C)cc1. The van der Waals surface area contributed by atoms with Gasteiger partial charge in [0.15, 0.2) is 5.92 Å². The minimum absolute atomic E-state index is 0.235. The molecule has 0 unspecified atom stereocenters. The van der Waals surface area contributed by atoms with Crippen molar-refractivity contribution >= 4 is 17.8 Å². The number of esters is 1. The molecule has 0 spiro atoms. The van der Waals surface area contributed by atoms with Crippen LogP contribution in [0.4, 0.5) is 0 Å². The van der Waals surface area contributed by atoms with Gasteiger partial charge in [-0.05, 0) is 26.0 Å². The van der Waals surface area contributed by atoms with Crippen LogP contribution >= 0.6 is 0 Å². The summed E-state index contributed by atoms with van der Waals surface area (Å²) >= 11 is 0. The van der Waals surface area contributed by atoms with Gasteiger partial charge in [0.25, 0.3) is 0 Å². The number of piperazine rings is 1. The maximum atomic E-state index is 12.8. The molecule has 0 aromatic heterocycles. The second-order valence-corrected chi connectivity index (χ2v) is 6.95. The number of rotatable bonds is 4. The predicted molar refractivity (Wildman–Crippen MR) is 103 cm³/mol. The molecule has 0 aliphatic carbocycles. The number of carbonyl (C=O) groups excluding carboxylic acids is 2. The highest BCUT2D eigenvalue weighted by atomic mass is 16.5. The Kier molecular flexibility index (Phi) is 6.11. The predicted octanol–water partition coefficient (Wildman–Crippen LogP) is 1.34. The van der Waals surface area contributed by atoms with Gasteiger partial charge in [-0.15, -0.1) is 0 Å². The van der Waals surface area contributed by atoms with Crippen LogP contribution in [0.1, 0.15) is 31.0 Å². The molecule has 1 aromatic carbocycles. The molecule has 0 saturated carbocycles. The molecule has 2 heterocycles. The van der Waals surface area contributed by atoms with Crippen molar-refractivity contribution in [1.29, 1.82) is 0 Å². The van der Waals surface area contributed by atoms with Crippen LogP contribution in [0.15, 0.2) is 29.3 Å². The first kappa shape index (κ1) is 19.4. The highest BCUT2D eigenvalue weighted by Gasteiger charge is 2.42. The van der Waals surface area contributed by atoms with Crippen molar-refractivity contribution in [3.63, 3.8) is 0 Å². The van der Waals surface area contributed by atoms with Gasteiger partial charge in [0.05, 0.1) is 6.61 Å². The fourth-order valence-corrected chi connectivity index (χ4v) is 3.51. The number of aryl methyl sites for hydroxylation is 1. The van der Waals surface area contributed by atoms with Crippen LogP contribution in [0.2, 0.25) is 0 Å². The quantitative estimate of drug-likeness (QED) is 0.638. The van der Waals surface area contributed by atoms with Gasteiger partial charge in [0.1, 0.15) is 6.04 Å². The van der Waals surface area contributed by atoms with Crippen LogP contribution in [0.5, 0.6) is 0 Å². The molecule has 1 saturated heterocycles. The van der Waals surface area contributed by atoms with Gasteiger partial charge in [0.2, 0.25) is 11.9 Å². The molecule has 2 aliphatic heterocycles. The molecule has 3 rings (SSSR count). The zero-order valence-electron chi connectivity index (χ0n) is 16.3. The maximum Gasteiger partial charge on any atom is 0.321 e. The molecule has 27 heavy (non-hydrogen) atoms. The number of likely N-dealkylation sites (N-methyl/N-ethyl adjacent to an activating group) is 1. The molecule has 1 amide bonds. The number of guanidine groups is 1. The maximum absolute atomic E-state index is 12.8. The van der Waals surface area contributed by atoms with E-state index in [4.69, 9.17) is 9.73 Å². The zero-order valence-corrected chi connectivity index (χ0v) is 16.3. The number of amides is 1. The third-order valence-electron chi connectivity index (χ3n) is 5.17. The van der Waals surface area contributed by atoms with Crippen molar-refractivity contribution in [2.75, 3.05) is 39.3 Å². The van der Waals surface area contributed by atoms with E-state index in [1.165, 1.54) is 0 Å². The number of benzene rings is 1. The summed E-state index contributed by atoms with van der Waals surface area (Å²) in [6.45, 7) is 10.6. The van der Waals surface area contributed by atoms with E-state index in [1.54, 1.807) is 6.92 Å². The van der Waals surface area contributed by atoms with E-state index in [0.29, 0.717) is 5.96 Å². The van der Waals surface area contributed by atoms with Crippen molar-refractivity contribution in [3.8, 4) is 0 Å². The van der Waals surface area contributed by atoms with E-state index in [2.05, 4.69) is 22.0 Å². The summed E-state index contributed by atoms with van der Waals surface area (Å²) in [6.07, 6.45) is 0. The van der Waals surface area contributed by atoms with E-state index < -0.39 is 17.9 Å². The Morgan fingerprint density at radius 2 is 1.85 bits per heavy atom. The van der Waals surface area contributed by atoms with Crippen LogP contribution in [0.25, 0.3) is 0 Å². The summed E-state index contributed by atoms with van der Waals surface area (Å²) in [5.74, 6) is -1.28. The second-order valence-electron chi connectivity index (χ2n) is 6.95. The topological polar surface area (TPSA) is 74.2 Å². The lowest BCUT2D eigenvalue weighted by molar-refractivity contribution is -0.153. The minimum Gasteiger partial charge on any atom is -0.465 e. The van der Waals surface area contributed by atoms with Gasteiger partial charge in [-0.2, -0.15) is 0 Å². The number of ether oxygens (including phenoxy) is 1. The molecule has 1 aromatic rings. The Morgan fingerprint density at radius 3 is 2.44 bits per heavy atom. The van der Waals surface area contributed by atoms with Gasteiger partial charge in [-0.1, -0.05) is 36.8 Å². The van der Waals surface area contributed by atoms with Crippen molar-refractivity contribution in [2.45, 2.75) is 26.8 Å². The lowest BCUT2D eigenvalue weighted by atomic mass is 9.91. The monoisotopic (exact) mass is 372 g/mol. The lowest BCUT2D eigenvalue weighted by Gasteiger charge is -2.38. The van der Waals surface area contributed by atoms with Crippen molar-refractivity contribution in [3.05, 3.63) is 35.4 Å². The number of nitrogens with zero attached hydrogens (tertiary/aromatic N) is 3. The normalized spacial score (nSPS) is 23.6. The van der Waals surface area contributed by atoms with Crippen molar-refractivity contribution in [1.82, 2.24) is 15.1 Å². The molecule has 2 aliphatic rings. The number of hydrogen-bond donors (Lipinski definition) is 1. The smallest absolute Gasteiger partial charge is 0.321 e. The molecule has 146 valence electrons. The third-order valence-corrected chi connectivity index (χ3v) is 5.17. The van der Waals surface area contributed by atoms with Crippen LogP contribution in [-0.2, 0) is 14.3 Å². The van der Waals surface area contributed by atoms with E-state index in [1.807, 2.05) is 31.2 Å². The first-order valence-corrected chi connectivity index (χ1v) is 9.62. The molecular weight excluding hydrogens is 344 g/mol. The van der Waals surface area contributed by atoms with Crippen LogP contribution in [0.3, 0.4) is 0 Å². The second kappa shape index (κ2) is 8.52. The Balaban J connectivity index is 1.90. The lowest BCUT2D eigenvalue weighted by Crippen LogP contribution is -2.57. The molecule has 1 N–H and O–H groups in total. The molecule has 0 radical (unpaired) electrons. The summed E-state index contributed by atoms with van der Waals surface area (Å²) in [7, 11) is 0. The van der Waals surface area contributed by atoms with Gasteiger partial charge in [0, 0.05) is 26.2 Å². The first-order valence-electron chi connectivity index (χ1n) is 9.62. The van der Waals surface area contributed by atoms with Crippen LogP contribution in [-0.4, -0.2) is 67.0 Å². The van der Waals surface area contributed by atoms with Crippen LogP contribution < -0.4 is 5.32 Å². The van der Waals surface area contributed by atoms with E-state index >= 15 is 0 Å². The summed E-state index contributed by atoms with van der Waals surface area (Å²) in [4.78, 5) is 34.5. The van der Waals surface area contributed by atoms with E-state index in [-0.39, 0.29) is 12.5 Å². The Morgan fingerprint density at radius 1 is 1.19 bits per heavy atom. The summed E-state index contributed by atoms with van der Waals surface area (Å²) < 4.78 is 5.15. The molecule has 1 fully saturated rings. The number of nitrogens with one attached hydrogen (secondary N) is 1. The summed E-state index contributed by atoms with van der Waals surface area (Å²) in [5, 5.41) is 2.84. The van der Waals surface area contributed by atoms with Crippen LogP contribution in [0, 0.1) is 12.8 Å². The molecular formula is C20H28N4O3. The average molecular weight is 372 g/mol. The van der Waals surface area contributed by atoms with Gasteiger partial charge >= 0.3 is 5.97 Å². The molecule has 2 atom stereocenters. The highest BCUT2D eigenvalue weighted by molar-refractivity contribution is 6.08. The van der Waals surface area contributed by atoms with E-state index in [0.717, 1.165) is 43.9 Å². The summed E-state index contributed by atoms with van der Waals surface area (Å²) in [5.41, 5.74) is 1.96. The standard InChI is InChI=1S/C20H28N4O3/c1-4-23-10-12-24(13-11-23)20-21-17(15-8-6-14(3)7-9-15)16(18(25)22-20)19(26)27-5-2/h6-9,16-17H,4-5,10-13H2,1-3H3,(H,21,22,25)/t16-,17-/m1/s1. The Labute approximate surface area is 160 Å². The van der Waals surface area contributed by atoms with Gasteiger partial charge in [-0.25, -0.2) is 4.99 Å². The highest BCUT2D eigenvalue weighted by Crippen LogP contribution is 2.31. The largest absolute Gasteiger partial charge is 0.465 e. The number of aliphatic imine (C=N–C) groups is 1. The Bertz CT molecular complexity index is 708. The Hall–Kier alpha value is -2.41. The molecule has 0 bridgehead atoms.